The van der Waals surface area contributed by atoms with Gasteiger partial charge in [-0.05, 0) is 36.2 Å². The number of para-hydroxylation sites is 1. The third kappa shape index (κ3) is 5.59. The Hall–Kier alpha value is -2.53. The summed E-state index contributed by atoms with van der Waals surface area (Å²) in [5.74, 6) is 0. The summed E-state index contributed by atoms with van der Waals surface area (Å²) in [5.41, 5.74) is 1.55. The van der Waals surface area contributed by atoms with E-state index in [4.69, 9.17) is 5.14 Å². The summed E-state index contributed by atoms with van der Waals surface area (Å²) in [6.45, 7) is 5.89. The molecule has 2 aromatic carbocycles. The molecule has 166 valence electrons. The van der Waals surface area contributed by atoms with Crippen LogP contribution in [0.4, 0.5) is 0 Å². The number of nitrogens with one attached hydrogen (secondary N) is 1. The molecule has 1 heterocycles. The number of hydrogen-bond acceptors (Lipinski definition) is 5. The standard InChI is InChI=1S/C21H26N4O4S2/c1-21(2,3)20-19(15-25(24-20)17-7-5-4-6-8-17)31(28,29)23-14-13-16-9-11-18(12-10-16)30(22,26)27/h4-12,15,23H,13-14H2,1-3H3,(H2,22,26,27). The van der Waals surface area contributed by atoms with Crippen molar-refractivity contribution < 1.29 is 16.8 Å². The van der Waals surface area contributed by atoms with Crippen molar-refractivity contribution in [2.75, 3.05) is 6.54 Å². The molecule has 0 radical (unpaired) electrons. The highest BCUT2D eigenvalue weighted by molar-refractivity contribution is 7.89. The number of benzene rings is 2. The molecule has 8 nitrogen and oxygen atoms in total. The average Bonchev–Trinajstić information content (AvgIpc) is 3.15. The van der Waals surface area contributed by atoms with Gasteiger partial charge in [-0.3, -0.25) is 0 Å². The van der Waals surface area contributed by atoms with Crippen molar-refractivity contribution in [3.63, 3.8) is 0 Å². The summed E-state index contributed by atoms with van der Waals surface area (Å²) < 4.78 is 53.0. The number of nitrogens with zero attached hydrogens (tertiary/aromatic N) is 2. The van der Waals surface area contributed by atoms with Crippen molar-refractivity contribution in [1.29, 1.82) is 0 Å². The van der Waals surface area contributed by atoms with Gasteiger partial charge in [-0.15, -0.1) is 0 Å². The summed E-state index contributed by atoms with van der Waals surface area (Å²) in [6, 6.07) is 15.4. The molecule has 0 fully saturated rings. The maximum atomic E-state index is 13.1. The van der Waals surface area contributed by atoms with E-state index in [1.165, 1.54) is 18.3 Å². The van der Waals surface area contributed by atoms with Crippen LogP contribution < -0.4 is 9.86 Å². The van der Waals surface area contributed by atoms with Gasteiger partial charge >= 0.3 is 0 Å². The molecule has 0 amide bonds. The van der Waals surface area contributed by atoms with E-state index in [9.17, 15) is 16.8 Å². The molecule has 3 aromatic rings. The Bertz CT molecular complexity index is 1260. The van der Waals surface area contributed by atoms with E-state index < -0.39 is 25.5 Å². The predicted octanol–water partition coefficient (Wildman–Crippen LogP) is 2.34. The van der Waals surface area contributed by atoms with Gasteiger partial charge in [-0.1, -0.05) is 51.1 Å². The van der Waals surface area contributed by atoms with E-state index >= 15 is 0 Å². The largest absolute Gasteiger partial charge is 0.244 e. The van der Waals surface area contributed by atoms with Crippen molar-refractivity contribution in [3.05, 3.63) is 72.1 Å². The molecule has 1 aromatic heterocycles. The van der Waals surface area contributed by atoms with Gasteiger partial charge in [0.15, 0.2) is 0 Å². The van der Waals surface area contributed by atoms with E-state index in [1.54, 1.807) is 16.8 Å². The third-order valence-electron chi connectivity index (χ3n) is 4.66. The van der Waals surface area contributed by atoms with Crippen molar-refractivity contribution in [2.24, 2.45) is 5.14 Å². The fourth-order valence-corrected chi connectivity index (χ4v) is 4.92. The summed E-state index contributed by atoms with van der Waals surface area (Å²) in [7, 11) is -7.57. The Labute approximate surface area is 183 Å². The van der Waals surface area contributed by atoms with Crippen LogP contribution in [0, 0.1) is 0 Å². The molecule has 0 atom stereocenters. The van der Waals surface area contributed by atoms with Gasteiger partial charge < -0.3 is 0 Å². The minimum absolute atomic E-state index is 0.0139. The summed E-state index contributed by atoms with van der Waals surface area (Å²) in [6.07, 6.45) is 1.92. The van der Waals surface area contributed by atoms with E-state index in [-0.39, 0.29) is 16.3 Å². The minimum atomic E-state index is -3.81. The number of sulfonamides is 2. The van der Waals surface area contributed by atoms with Gasteiger partial charge in [0, 0.05) is 12.0 Å². The smallest absolute Gasteiger partial charge is 0.239 e. The van der Waals surface area contributed by atoms with Crippen LogP contribution in [0.15, 0.2) is 70.6 Å². The number of hydrogen-bond donors (Lipinski definition) is 2. The van der Waals surface area contributed by atoms with Crippen LogP contribution in [0.1, 0.15) is 32.0 Å². The normalized spacial score (nSPS) is 12.8. The molecule has 31 heavy (non-hydrogen) atoms. The van der Waals surface area contributed by atoms with E-state index in [2.05, 4.69) is 9.82 Å². The molecule has 0 unspecified atom stereocenters. The second kappa shape index (κ2) is 8.54. The summed E-state index contributed by atoms with van der Waals surface area (Å²) >= 11 is 0. The second-order valence-corrected chi connectivity index (χ2v) is 11.5. The third-order valence-corrected chi connectivity index (χ3v) is 7.05. The van der Waals surface area contributed by atoms with E-state index in [0.29, 0.717) is 12.1 Å². The van der Waals surface area contributed by atoms with Crippen LogP contribution in [0.5, 0.6) is 0 Å². The van der Waals surface area contributed by atoms with Crippen molar-refractivity contribution in [2.45, 2.75) is 42.4 Å². The molecular formula is C21H26N4O4S2. The lowest BCUT2D eigenvalue weighted by molar-refractivity contribution is 0.539. The van der Waals surface area contributed by atoms with Crippen molar-refractivity contribution >= 4 is 20.0 Å². The first-order valence-electron chi connectivity index (χ1n) is 9.65. The minimum Gasteiger partial charge on any atom is -0.239 e. The van der Waals surface area contributed by atoms with Gasteiger partial charge in [0.2, 0.25) is 20.0 Å². The van der Waals surface area contributed by atoms with Crippen molar-refractivity contribution in [3.8, 4) is 5.69 Å². The lowest BCUT2D eigenvalue weighted by Crippen LogP contribution is -2.28. The second-order valence-electron chi connectivity index (χ2n) is 8.21. The fraction of sp³-hybridized carbons (Fsp3) is 0.286. The SMILES string of the molecule is CC(C)(C)c1nn(-c2ccccc2)cc1S(=O)(=O)NCCc1ccc(S(N)(=O)=O)cc1. The van der Waals surface area contributed by atoms with Crippen LogP contribution in [-0.4, -0.2) is 33.2 Å². The maximum Gasteiger partial charge on any atom is 0.244 e. The molecule has 3 rings (SSSR count). The number of rotatable bonds is 7. The molecule has 0 aliphatic carbocycles. The lowest BCUT2D eigenvalue weighted by atomic mass is 9.92. The Balaban J connectivity index is 1.80. The van der Waals surface area contributed by atoms with Crippen molar-refractivity contribution in [1.82, 2.24) is 14.5 Å². The summed E-state index contributed by atoms with van der Waals surface area (Å²) in [4.78, 5) is 0.147. The van der Waals surface area contributed by atoms with Crippen LogP contribution in [0.3, 0.4) is 0 Å². The van der Waals surface area contributed by atoms with E-state index in [0.717, 1.165) is 11.3 Å². The molecule has 0 spiro atoms. The Morgan fingerprint density at radius 3 is 2.13 bits per heavy atom. The molecule has 0 saturated heterocycles. The first-order chi connectivity index (χ1) is 14.4. The van der Waals surface area contributed by atoms with Gasteiger partial charge in [-0.25, -0.2) is 31.4 Å². The molecule has 0 bridgehead atoms. The first-order valence-corrected chi connectivity index (χ1v) is 12.7. The quantitative estimate of drug-likeness (QED) is 0.558. The highest BCUT2D eigenvalue weighted by Crippen LogP contribution is 2.28. The highest BCUT2D eigenvalue weighted by atomic mass is 32.2. The van der Waals surface area contributed by atoms with Crippen LogP contribution in [-0.2, 0) is 31.9 Å². The number of primary sulfonamides is 1. The lowest BCUT2D eigenvalue weighted by Gasteiger charge is -2.17. The maximum absolute atomic E-state index is 13.1. The van der Waals surface area contributed by atoms with Crippen LogP contribution in [0.25, 0.3) is 5.69 Å². The molecule has 0 aliphatic rings. The average molecular weight is 463 g/mol. The Morgan fingerprint density at radius 2 is 1.58 bits per heavy atom. The monoisotopic (exact) mass is 462 g/mol. The Kier molecular flexibility index (Phi) is 6.38. The molecule has 0 saturated carbocycles. The fourth-order valence-electron chi connectivity index (χ4n) is 3.04. The molecule has 10 heteroatoms. The topological polar surface area (TPSA) is 124 Å². The van der Waals surface area contributed by atoms with Crippen LogP contribution in [0.2, 0.25) is 0 Å². The molecule has 0 aliphatic heterocycles. The van der Waals surface area contributed by atoms with E-state index in [1.807, 2.05) is 51.1 Å². The zero-order valence-electron chi connectivity index (χ0n) is 17.6. The molecule has 3 N–H and O–H groups in total. The molecular weight excluding hydrogens is 436 g/mol. The zero-order chi connectivity index (χ0) is 22.9. The number of aromatic nitrogens is 2. The number of nitrogens with two attached hydrogens (primary N) is 1. The summed E-state index contributed by atoms with van der Waals surface area (Å²) in [5, 5.41) is 9.64. The zero-order valence-corrected chi connectivity index (χ0v) is 19.2. The predicted molar refractivity (Wildman–Crippen MR) is 119 cm³/mol. The van der Waals surface area contributed by atoms with Crippen LogP contribution >= 0.6 is 0 Å². The van der Waals surface area contributed by atoms with Gasteiger partial charge in [0.25, 0.3) is 0 Å². The highest BCUT2D eigenvalue weighted by Gasteiger charge is 2.30. The van der Waals surface area contributed by atoms with Gasteiger partial charge in [-0.2, -0.15) is 5.10 Å². The first kappa shape index (κ1) is 23.1. The van der Waals surface area contributed by atoms with Gasteiger partial charge in [0.1, 0.15) is 4.90 Å². The van der Waals surface area contributed by atoms with Gasteiger partial charge in [0.05, 0.1) is 22.5 Å². The Morgan fingerprint density at radius 1 is 0.968 bits per heavy atom.